The van der Waals surface area contributed by atoms with Gasteiger partial charge in [-0.2, -0.15) is 0 Å². The number of hydrogen-bond donors (Lipinski definition) is 0. The van der Waals surface area contributed by atoms with Crippen molar-refractivity contribution in [3.8, 4) is 0 Å². The minimum Gasteiger partial charge on any atom is -0.377 e. The number of hydrogen-bond acceptors (Lipinski definition) is 4. The zero-order valence-corrected chi connectivity index (χ0v) is 17.0. The third kappa shape index (κ3) is 5.22. The number of ether oxygens (including phenoxy) is 2. The Hall–Kier alpha value is -2.24. The lowest BCUT2D eigenvalue weighted by Gasteiger charge is -2.46. The highest BCUT2D eigenvalue weighted by Crippen LogP contribution is 2.39. The summed E-state index contributed by atoms with van der Waals surface area (Å²) in [5.41, 5.74) is 1.83. The molecule has 4 rings (SSSR count). The Bertz CT molecular complexity index is 773. The van der Waals surface area contributed by atoms with E-state index in [1.54, 1.807) is 12.4 Å². The van der Waals surface area contributed by atoms with Crippen LogP contribution in [-0.2, 0) is 16.1 Å². The molecule has 2 aliphatic heterocycles. The predicted molar refractivity (Wildman–Crippen MR) is 111 cm³/mol. The van der Waals surface area contributed by atoms with Gasteiger partial charge in [-0.1, -0.05) is 30.3 Å². The van der Waals surface area contributed by atoms with Crippen molar-refractivity contribution in [2.75, 3.05) is 26.3 Å². The van der Waals surface area contributed by atoms with Gasteiger partial charge in [0.25, 0.3) is 5.91 Å². The van der Waals surface area contributed by atoms with E-state index in [0.29, 0.717) is 18.1 Å². The van der Waals surface area contributed by atoms with Gasteiger partial charge in [0.1, 0.15) is 0 Å². The molecule has 154 valence electrons. The van der Waals surface area contributed by atoms with Crippen LogP contribution in [0.25, 0.3) is 0 Å². The maximum absolute atomic E-state index is 12.7. The topological polar surface area (TPSA) is 51.7 Å². The maximum Gasteiger partial charge on any atom is 0.255 e. The molecular weight excluding hydrogens is 364 g/mol. The van der Waals surface area contributed by atoms with Crippen molar-refractivity contribution >= 4 is 5.91 Å². The van der Waals surface area contributed by atoms with E-state index in [-0.39, 0.29) is 11.5 Å². The summed E-state index contributed by atoms with van der Waals surface area (Å²) in [6, 6.07) is 14.0. The lowest BCUT2D eigenvalue weighted by Crippen LogP contribution is -2.50. The molecule has 0 radical (unpaired) electrons. The van der Waals surface area contributed by atoms with Gasteiger partial charge in [0, 0.05) is 38.7 Å². The molecule has 0 aliphatic carbocycles. The van der Waals surface area contributed by atoms with E-state index in [0.717, 1.165) is 58.4 Å². The van der Waals surface area contributed by atoms with Crippen molar-refractivity contribution in [3.63, 3.8) is 0 Å². The monoisotopic (exact) mass is 394 g/mol. The van der Waals surface area contributed by atoms with E-state index >= 15 is 0 Å². The fraction of sp³-hybridized carbons (Fsp3) is 0.500. The van der Waals surface area contributed by atoms with E-state index < -0.39 is 0 Å². The minimum atomic E-state index is -0.0614. The van der Waals surface area contributed by atoms with Crippen LogP contribution in [0.2, 0.25) is 0 Å². The SMILES string of the molecule is O=C(c1cccnc1)N1CCC2(CC1)CC(CCOCc1ccccc1)CCO2. The quantitative estimate of drug-likeness (QED) is 0.693. The number of likely N-dealkylation sites (tertiary alicyclic amines) is 1. The largest absolute Gasteiger partial charge is 0.377 e. The van der Waals surface area contributed by atoms with Crippen molar-refractivity contribution in [1.82, 2.24) is 9.88 Å². The van der Waals surface area contributed by atoms with Gasteiger partial charge in [-0.3, -0.25) is 9.78 Å². The molecule has 2 aliphatic rings. The summed E-state index contributed by atoms with van der Waals surface area (Å²) in [5, 5.41) is 0. The Morgan fingerprint density at radius 1 is 1.17 bits per heavy atom. The molecule has 2 saturated heterocycles. The standard InChI is InChI=1S/C24H30N2O3/c27-23(22-7-4-12-25-18-22)26-13-10-24(11-14-26)17-20(9-16-29-24)8-15-28-19-21-5-2-1-3-6-21/h1-7,12,18,20H,8-11,13-17,19H2. The second-order valence-electron chi connectivity index (χ2n) is 8.25. The normalized spacial score (nSPS) is 21.2. The van der Waals surface area contributed by atoms with Gasteiger partial charge in [-0.25, -0.2) is 0 Å². The van der Waals surface area contributed by atoms with Crippen LogP contribution in [-0.4, -0.2) is 47.7 Å². The van der Waals surface area contributed by atoms with Crippen LogP contribution in [0.3, 0.4) is 0 Å². The Morgan fingerprint density at radius 3 is 2.76 bits per heavy atom. The van der Waals surface area contributed by atoms with Crippen LogP contribution in [0.5, 0.6) is 0 Å². The van der Waals surface area contributed by atoms with Gasteiger partial charge >= 0.3 is 0 Å². The number of benzene rings is 1. The lowest BCUT2D eigenvalue weighted by molar-refractivity contribution is -0.126. The zero-order valence-electron chi connectivity index (χ0n) is 17.0. The third-order valence-corrected chi connectivity index (χ3v) is 6.25. The summed E-state index contributed by atoms with van der Waals surface area (Å²) in [5.74, 6) is 0.717. The molecule has 29 heavy (non-hydrogen) atoms. The molecule has 1 spiro atoms. The molecule has 5 nitrogen and oxygen atoms in total. The average molecular weight is 395 g/mol. The first kappa shape index (κ1) is 20.0. The summed E-state index contributed by atoms with van der Waals surface area (Å²) >= 11 is 0. The van der Waals surface area contributed by atoms with Crippen LogP contribution in [0.1, 0.15) is 48.0 Å². The number of amides is 1. The van der Waals surface area contributed by atoms with Gasteiger partial charge in [0.2, 0.25) is 0 Å². The van der Waals surface area contributed by atoms with Crippen LogP contribution < -0.4 is 0 Å². The molecule has 1 aromatic carbocycles. The van der Waals surface area contributed by atoms with E-state index in [1.165, 1.54) is 5.56 Å². The molecule has 1 atom stereocenters. The Labute approximate surface area is 173 Å². The fourth-order valence-corrected chi connectivity index (χ4v) is 4.53. The van der Waals surface area contributed by atoms with E-state index in [1.807, 2.05) is 35.2 Å². The lowest BCUT2D eigenvalue weighted by atomic mass is 9.78. The smallest absolute Gasteiger partial charge is 0.255 e. The van der Waals surface area contributed by atoms with E-state index in [4.69, 9.17) is 9.47 Å². The van der Waals surface area contributed by atoms with Crippen molar-refractivity contribution in [1.29, 1.82) is 0 Å². The van der Waals surface area contributed by atoms with Crippen molar-refractivity contribution in [2.45, 2.75) is 44.3 Å². The molecule has 1 unspecified atom stereocenters. The summed E-state index contributed by atoms with van der Waals surface area (Å²) in [4.78, 5) is 18.7. The summed E-state index contributed by atoms with van der Waals surface area (Å²) in [6.07, 6.45) is 8.44. The number of carbonyl (C=O) groups excluding carboxylic acids is 1. The Kier molecular flexibility index (Phi) is 6.57. The maximum atomic E-state index is 12.7. The van der Waals surface area contributed by atoms with Gasteiger partial charge < -0.3 is 14.4 Å². The Balaban J connectivity index is 1.23. The first-order valence-electron chi connectivity index (χ1n) is 10.7. The average Bonchev–Trinajstić information content (AvgIpc) is 2.78. The molecule has 1 amide bonds. The summed E-state index contributed by atoms with van der Waals surface area (Å²) in [6.45, 7) is 3.80. The van der Waals surface area contributed by atoms with Crippen molar-refractivity contribution < 1.29 is 14.3 Å². The predicted octanol–water partition coefficient (Wildman–Crippen LogP) is 4.09. The zero-order chi connectivity index (χ0) is 19.9. The fourth-order valence-electron chi connectivity index (χ4n) is 4.53. The van der Waals surface area contributed by atoms with Gasteiger partial charge in [0.05, 0.1) is 17.8 Å². The van der Waals surface area contributed by atoms with E-state index in [2.05, 4.69) is 17.1 Å². The van der Waals surface area contributed by atoms with Crippen LogP contribution in [0.15, 0.2) is 54.9 Å². The van der Waals surface area contributed by atoms with Crippen LogP contribution in [0, 0.1) is 5.92 Å². The molecule has 5 heteroatoms. The molecule has 1 aromatic heterocycles. The number of piperidine rings is 1. The highest BCUT2D eigenvalue weighted by Gasteiger charge is 2.41. The highest BCUT2D eigenvalue weighted by atomic mass is 16.5. The first-order chi connectivity index (χ1) is 14.2. The van der Waals surface area contributed by atoms with Gasteiger partial charge in [-0.05, 0) is 55.7 Å². The van der Waals surface area contributed by atoms with Crippen molar-refractivity contribution in [2.24, 2.45) is 5.92 Å². The Morgan fingerprint density at radius 2 is 2.00 bits per heavy atom. The molecule has 0 N–H and O–H groups in total. The number of pyridine rings is 1. The second kappa shape index (κ2) is 9.51. The van der Waals surface area contributed by atoms with Crippen LogP contribution in [0.4, 0.5) is 0 Å². The third-order valence-electron chi connectivity index (χ3n) is 6.25. The first-order valence-corrected chi connectivity index (χ1v) is 10.7. The number of carbonyl (C=O) groups is 1. The van der Waals surface area contributed by atoms with Crippen molar-refractivity contribution in [3.05, 3.63) is 66.0 Å². The van der Waals surface area contributed by atoms with E-state index in [9.17, 15) is 4.79 Å². The molecular formula is C24H30N2O3. The molecule has 2 aromatic rings. The van der Waals surface area contributed by atoms with Gasteiger partial charge in [0.15, 0.2) is 0 Å². The highest BCUT2D eigenvalue weighted by molar-refractivity contribution is 5.93. The summed E-state index contributed by atoms with van der Waals surface area (Å²) in [7, 11) is 0. The molecule has 2 fully saturated rings. The minimum absolute atomic E-state index is 0.0614. The molecule has 0 saturated carbocycles. The van der Waals surface area contributed by atoms with Gasteiger partial charge in [-0.15, -0.1) is 0 Å². The second-order valence-corrected chi connectivity index (χ2v) is 8.25. The number of rotatable bonds is 6. The number of aromatic nitrogens is 1. The molecule has 3 heterocycles. The molecule has 0 bridgehead atoms. The number of nitrogens with zero attached hydrogens (tertiary/aromatic N) is 2. The van der Waals surface area contributed by atoms with Crippen LogP contribution >= 0.6 is 0 Å². The summed E-state index contributed by atoms with van der Waals surface area (Å²) < 4.78 is 12.2.